The van der Waals surface area contributed by atoms with E-state index in [1.807, 2.05) is 24.4 Å². The molecule has 1 aromatic rings. The third kappa shape index (κ3) is 3.13. The van der Waals surface area contributed by atoms with Gasteiger partial charge in [0.15, 0.2) is 0 Å². The molecule has 1 atom stereocenters. The van der Waals surface area contributed by atoms with Crippen LogP contribution in [0.3, 0.4) is 0 Å². The van der Waals surface area contributed by atoms with Crippen molar-refractivity contribution in [3.8, 4) is 0 Å². The fourth-order valence-electron chi connectivity index (χ4n) is 0.952. The Kier molecular flexibility index (Phi) is 3.15. The SMILES string of the molecule is CC(CS(=O)(=O)Cl)c1cccs1. The molecular weight excluding hydrogens is 216 g/mol. The third-order valence-corrected chi connectivity index (χ3v) is 3.86. The molecule has 68 valence electrons. The number of rotatable bonds is 3. The summed E-state index contributed by atoms with van der Waals surface area (Å²) in [4.78, 5) is 1.05. The Labute approximate surface area is 80.6 Å². The molecule has 0 N–H and O–H groups in total. The van der Waals surface area contributed by atoms with Gasteiger partial charge in [0.25, 0.3) is 0 Å². The van der Waals surface area contributed by atoms with Crippen molar-refractivity contribution in [2.45, 2.75) is 12.8 Å². The molecule has 0 aliphatic carbocycles. The molecule has 0 radical (unpaired) electrons. The highest BCUT2D eigenvalue weighted by molar-refractivity contribution is 8.13. The maximum absolute atomic E-state index is 10.7. The number of halogens is 1. The summed E-state index contributed by atoms with van der Waals surface area (Å²) in [6.45, 7) is 1.85. The molecule has 0 aliphatic rings. The van der Waals surface area contributed by atoms with Gasteiger partial charge < -0.3 is 0 Å². The summed E-state index contributed by atoms with van der Waals surface area (Å²) in [5, 5.41) is 1.92. The summed E-state index contributed by atoms with van der Waals surface area (Å²) in [6.07, 6.45) is 0. The molecule has 0 bridgehead atoms. The normalized spacial score (nSPS) is 14.5. The van der Waals surface area contributed by atoms with Gasteiger partial charge in [0.1, 0.15) is 0 Å². The number of hydrogen-bond acceptors (Lipinski definition) is 3. The first-order chi connectivity index (χ1) is 5.49. The van der Waals surface area contributed by atoms with Gasteiger partial charge in [-0.2, -0.15) is 0 Å². The second-order valence-corrected chi connectivity index (χ2v) is 6.42. The average molecular weight is 225 g/mol. The van der Waals surface area contributed by atoms with E-state index in [0.717, 1.165) is 4.88 Å². The molecule has 0 saturated carbocycles. The van der Waals surface area contributed by atoms with Crippen molar-refractivity contribution in [1.29, 1.82) is 0 Å². The lowest BCUT2D eigenvalue weighted by Crippen LogP contribution is -2.05. The summed E-state index contributed by atoms with van der Waals surface area (Å²) in [7, 11) is 1.75. The van der Waals surface area contributed by atoms with Crippen LogP contribution in [0, 0.1) is 0 Å². The average Bonchev–Trinajstić information content (AvgIpc) is 2.32. The van der Waals surface area contributed by atoms with E-state index in [1.165, 1.54) is 0 Å². The lowest BCUT2D eigenvalue weighted by atomic mass is 10.2. The molecule has 1 heterocycles. The molecule has 1 rings (SSSR count). The van der Waals surface area contributed by atoms with Gasteiger partial charge >= 0.3 is 0 Å². The van der Waals surface area contributed by atoms with E-state index in [4.69, 9.17) is 10.7 Å². The molecule has 5 heteroatoms. The first-order valence-electron chi connectivity index (χ1n) is 3.45. The van der Waals surface area contributed by atoms with Crippen molar-refractivity contribution < 1.29 is 8.42 Å². The highest BCUT2D eigenvalue weighted by atomic mass is 35.7. The lowest BCUT2D eigenvalue weighted by Gasteiger charge is -2.04. The summed E-state index contributed by atoms with van der Waals surface area (Å²) >= 11 is 1.55. The van der Waals surface area contributed by atoms with Gasteiger partial charge in [-0.25, -0.2) is 8.42 Å². The minimum atomic E-state index is -3.37. The van der Waals surface area contributed by atoms with Gasteiger partial charge in [-0.05, 0) is 11.4 Å². The van der Waals surface area contributed by atoms with Crippen molar-refractivity contribution in [2.75, 3.05) is 5.75 Å². The molecule has 2 nitrogen and oxygen atoms in total. The van der Waals surface area contributed by atoms with Crippen LogP contribution >= 0.6 is 22.0 Å². The van der Waals surface area contributed by atoms with Gasteiger partial charge in [-0.15, -0.1) is 11.3 Å². The Bertz CT molecular complexity index is 328. The van der Waals surface area contributed by atoms with Gasteiger partial charge in [0.05, 0.1) is 5.75 Å². The van der Waals surface area contributed by atoms with Gasteiger partial charge in [-0.3, -0.25) is 0 Å². The van der Waals surface area contributed by atoms with Crippen LogP contribution < -0.4 is 0 Å². The molecule has 0 aliphatic heterocycles. The smallest absolute Gasteiger partial charge is 0.212 e. The van der Waals surface area contributed by atoms with Crippen molar-refractivity contribution >= 4 is 31.1 Å². The van der Waals surface area contributed by atoms with E-state index in [0.29, 0.717) is 0 Å². The molecule has 0 saturated heterocycles. The number of thiophene rings is 1. The second-order valence-electron chi connectivity index (χ2n) is 2.62. The molecule has 0 aromatic carbocycles. The summed E-state index contributed by atoms with van der Waals surface area (Å²) in [5.41, 5.74) is 0. The highest BCUT2D eigenvalue weighted by Crippen LogP contribution is 2.22. The van der Waals surface area contributed by atoms with E-state index >= 15 is 0 Å². The Balaban J connectivity index is 2.68. The first kappa shape index (κ1) is 10.0. The molecular formula is C7H9ClO2S2. The summed E-state index contributed by atoms with van der Waals surface area (Å²) < 4.78 is 21.4. The van der Waals surface area contributed by atoms with Crippen LogP contribution in [-0.2, 0) is 9.05 Å². The largest absolute Gasteiger partial charge is 0.233 e. The quantitative estimate of drug-likeness (QED) is 0.739. The molecule has 0 spiro atoms. The Morgan fingerprint density at radius 1 is 1.67 bits per heavy atom. The fourth-order valence-corrected chi connectivity index (χ4v) is 3.19. The lowest BCUT2D eigenvalue weighted by molar-refractivity contribution is 0.605. The van der Waals surface area contributed by atoms with E-state index in [2.05, 4.69) is 0 Å². The second kappa shape index (κ2) is 3.77. The Morgan fingerprint density at radius 3 is 2.75 bits per heavy atom. The zero-order chi connectivity index (χ0) is 9.19. The van der Waals surface area contributed by atoms with Crippen LogP contribution in [0.5, 0.6) is 0 Å². The van der Waals surface area contributed by atoms with E-state index < -0.39 is 9.05 Å². The van der Waals surface area contributed by atoms with E-state index in [-0.39, 0.29) is 11.7 Å². The Hall–Kier alpha value is -0.0600. The Morgan fingerprint density at radius 2 is 2.33 bits per heavy atom. The summed E-state index contributed by atoms with van der Waals surface area (Å²) in [5.74, 6) is 0.00205. The van der Waals surface area contributed by atoms with E-state index in [9.17, 15) is 8.42 Å². The van der Waals surface area contributed by atoms with Gasteiger partial charge in [0, 0.05) is 21.5 Å². The first-order valence-corrected chi connectivity index (χ1v) is 6.80. The van der Waals surface area contributed by atoms with Crippen molar-refractivity contribution in [1.82, 2.24) is 0 Å². The standard InChI is InChI=1S/C7H9ClO2S2/c1-6(5-12(8,9)10)7-3-2-4-11-7/h2-4,6H,5H2,1H3. The molecule has 0 fully saturated rings. The van der Waals surface area contributed by atoms with Gasteiger partial charge in [-0.1, -0.05) is 13.0 Å². The fraction of sp³-hybridized carbons (Fsp3) is 0.429. The maximum atomic E-state index is 10.7. The maximum Gasteiger partial charge on any atom is 0.233 e. The number of hydrogen-bond donors (Lipinski definition) is 0. The molecule has 1 aromatic heterocycles. The van der Waals surface area contributed by atoms with Crippen molar-refractivity contribution in [3.63, 3.8) is 0 Å². The molecule has 0 amide bonds. The van der Waals surface area contributed by atoms with Crippen LogP contribution in [-0.4, -0.2) is 14.2 Å². The zero-order valence-electron chi connectivity index (χ0n) is 6.53. The summed E-state index contributed by atoms with van der Waals surface area (Å²) in [6, 6.07) is 3.81. The minimum absolute atomic E-state index is 0.00694. The van der Waals surface area contributed by atoms with Crippen LogP contribution in [0.25, 0.3) is 0 Å². The molecule has 1 unspecified atom stereocenters. The third-order valence-electron chi connectivity index (χ3n) is 1.48. The highest BCUT2D eigenvalue weighted by Gasteiger charge is 2.14. The van der Waals surface area contributed by atoms with Crippen molar-refractivity contribution in [2.24, 2.45) is 0 Å². The van der Waals surface area contributed by atoms with Crippen molar-refractivity contribution in [3.05, 3.63) is 22.4 Å². The predicted octanol–water partition coefficient (Wildman–Crippen LogP) is 2.42. The zero-order valence-corrected chi connectivity index (χ0v) is 8.92. The minimum Gasteiger partial charge on any atom is -0.212 e. The van der Waals surface area contributed by atoms with E-state index in [1.54, 1.807) is 11.3 Å². The van der Waals surface area contributed by atoms with Crippen LogP contribution in [0.1, 0.15) is 17.7 Å². The topological polar surface area (TPSA) is 34.1 Å². The van der Waals surface area contributed by atoms with Crippen LogP contribution in [0.2, 0.25) is 0 Å². The van der Waals surface area contributed by atoms with Crippen LogP contribution in [0.15, 0.2) is 17.5 Å². The monoisotopic (exact) mass is 224 g/mol. The van der Waals surface area contributed by atoms with Gasteiger partial charge in [0.2, 0.25) is 9.05 Å². The predicted molar refractivity (Wildman–Crippen MR) is 52.4 cm³/mol. The molecule has 12 heavy (non-hydrogen) atoms. The van der Waals surface area contributed by atoms with Crippen LogP contribution in [0.4, 0.5) is 0 Å².